The van der Waals surface area contributed by atoms with E-state index in [4.69, 9.17) is 4.74 Å². The van der Waals surface area contributed by atoms with Crippen LogP contribution in [0.15, 0.2) is 24.5 Å². The van der Waals surface area contributed by atoms with E-state index >= 15 is 0 Å². The van der Waals surface area contributed by atoms with Crippen LogP contribution in [0.5, 0.6) is 0 Å². The van der Waals surface area contributed by atoms with Gasteiger partial charge >= 0.3 is 0 Å². The molecule has 1 amide bonds. The van der Waals surface area contributed by atoms with Crippen molar-refractivity contribution in [2.75, 3.05) is 6.61 Å². The van der Waals surface area contributed by atoms with Crippen LogP contribution in [0.25, 0.3) is 0 Å². The van der Waals surface area contributed by atoms with Crippen LogP contribution < -0.4 is 5.32 Å². The summed E-state index contributed by atoms with van der Waals surface area (Å²) < 4.78 is 5.63. The molecule has 0 unspecified atom stereocenters. The topological polar surface area (TPSA) is 64.1 Å². The molecule has 0 aliphatic carbocycles. The van der Waals surface area contributed by atoms with Crippen LogP contribution in [-0.4, -0.2) is 22.5 Å². The Kier molecular flexibility index (Phi) is 4.26. The van der Waals surface area contributed by atoms with Crippen molar-refractivity contribution in [2.45, 2.75) is 32.4 Å². The zero-order chi connectivity index (χ0) is 14.7. The summed E-state index contributed by atoms with van der Waals surface area (Å²) in [6.45, 7) is 3.09. The Morgan fingerprint density at radius 3 is 3.05 bits per heavy atom. The smallest absolute Gasteiger partial charge is 0.261 e. The average molecular weight is 303 g/mol. The van der Waals surface area contributed by atoms with E-state index in [-0.39, 0.29) is 12.0 Å². The lowest BCUT2D eigenvalue weighted by atomic mass is 10.2. The van der Waals surface area contributed by atoms with E-state index in [2.05, 4.69) is 15.3 Å². The number of nitrogens with zero attached hydrogens (tertiary/aromatic N) is 2. The van der Waals surface area contributed by atoms with E-state index in [1.165, 1.54) is 11.3 Å². The molecule has 0 radical (unpaired) electrons. The predicted octanol–water partition coefficient (Wildman–Crippen LogP) is 2.63. The molecule has 1 atom stereocenters. The monoisotopic (exact) mass is 303 g/mol. The molecule has 1 aliphatic heterocycles. The third kappa shape index (κ3) is 3.46. The number of carbonyl (C=O) groups excluding carboxylic acids is 1. The number of thiophene rings is 1. The van der Waals surface area contributed by atoms with Gasteiger partial charge in [-0.15, -0.1) is 11.3 Å². The Hall–Kier alpha value is -1.79. The highest BCUT2D eigenvalue weighted by molar-refractivity contribution is 7.14. The number of hydrogen-bond donors (Lipinski definition) is 1. The summed E-state index contributed by atoms with van der Waals surface area (Å²) in [5.41, 5.74) is 1.62. The van der Waals surface area contributed by atoms with Crippen molar-refractivity contribution in [3.63, 3.8) is 0 Å². The Labute approximate surface area is 127 Å². The van der Waals surface area contributed by atoms with Crippen LogP contribution in [0, 0.1) is 6.92 Å². The van der Waals surface area contributed by atoms with Gasteiger partial charge in [-0.25, -0.2) is 0 Å². The first-order chi connectivity index (χ1) is 10.2. The molecule has 5 nitrogen and oxygen atoms in total. The second-order valence-corrected chi connectivity index (χ2v) is 6.15. The fourth-order valence-corrected chi connectivity index (χ4v) is 3.23. The molecule has 110 valence electrons. The van der Waals surface area contributed by atoms with Crippen molar-refractivity contribution in [1.82, 2.24) is 15.3 Å². The SMILES string of the molecule is Cc1cnc(CNC(=O)c2ccc([C@H]3CCCO3)s2)cn1. The predicted molar refractivity (Wildman–Crippen MR) is 80.2 cm³/mol. The highest BCUT2D eigenvalue weighted by Gasteiger charge is 2.20. The number of aromatic nitrogens is 2. The lowest BCUT2D eigenvalue weighted by Crippen LogP contribution is -2.22. The summed E-state index contributed by atoms with van der Waals surface area (Å²) in [6.07, 6.45) is 5.68. The summed E-state index contributed by atoms with van der Waals surface area (Å²) in [6, 6.07) is 3.85. The number of ether oxygens (including phenoxy) is 1. The normalized spacial score (nSPS) is 17.9. The molecule has 1 saturated heterocycles. The zero-order valence-corrected chi connectivity index (χ0v) is 12.7. The summed E-state index contributed by atoms with van der Waals surface area (Å²) in [4.78, 5) is 22.3. The van der Waals surface area contributed by atoms with E-state index in [9.17, 15) is 4.79 Å². The molecule has 2 aromatic rings. The zero-order valence-electron chi connectivity index (χ0n) is 11.8. The maximum atomic E-state index is 12.1. The molecule has 3 rings (SSSR count). The number of aryl methyl sites for hydroxylation is 1. The van der Waals surface area contributed by atoms with E-state index in [1.807, 2.05) is 19.1 Å². The number of rotatable bonds is 4. The molecule has 0 saturated carbocycles. The van der Waals surface area contributed by atoms with Gasteiger partial charge in [0.05, 0.1) is 35.1 Å². The first kappa shape index (κ1) is 14.2. The highest BCUT2D eigenvalue weighted by atomic mass is 32.1. The van der Waals surface area contributed by atoms with E-state index in [1.54, 1.807) is 12.4 Å². The molecule has 0 spiro atoms. The molecule has 1 aliphatic rings. The molecule has 6 heteroatoms. The minimum Gasteiger partial charge on any atom is -0.373 e. The number of amides is 1. The summed E-state index contributed by atoms with van der Waals surface area (Å²) >= 11 is 1.50. The standard InChI is InChI=1S/C15H17N3O2S/c1-10-7-17-11(8-16-10)9-18-15(19)14-5-4-13(21-14)12-3-2-6-20-12/h4-5,7-8,12H,2-3,6,9H2,1H3,(H,18,19)/t12-/m1/s1. The third-order valence-corrected chi connectivity index (χ3v) is 4.54. The lowest BCUT2D eigenvalue weighted by molar-refractivity contribution is 0.0954. The molecule has 21 heavy (non-hydrogen) atoms. The van der Waals surface area contributed by atoms with Crippen LogP contribution in [0.1, 0.15) is 44.9 Å². The van der Waals surface area contributed by atoms with Gasteiger partial charge in [-0.2, -0.15) is 0 Å². The summed E-state index contributed by atoms with van der Waals surface area (Å²) in [5, 5.41) is 2.87. The first-order valence-electron chi connectivity index (χ1n) is 6.99. The minimum atomic E-state index is -0.0772. The molecule has 1 fully saturated rings. The third-order valence-electron chi connectivity index (χ3n) is 3.36. The van der Waals surface area contributed by atoms with Crippen LogP contribution >= 0.6 is 11.3 Å². The van der Waals surface area contributed by atoms with Crippen molar-refractivity contribution in [1.29, 1.82) is 0 Å². The molecular weight excluding hydrogens is 286 g/mol. The maximum absolute atomic E-state index is 12.1. The van der Waals surface area contributed by atoms with Gasteiger partial charge in [-0.3, -0.25) is 14.8 Å². The van der Waals surface area contributed by atoms with E-state index in [0.29, 0.717) is 11.4 Å². The van der Waals surface area contributed by atoms with Gasteiger partial charge in [-0.1, -0.05) is 0 Å². The second-order valence-electron chi connectivity index (χ2n) is 5.04. The fraction of sp³-hybridized carbons (Fsp3) is 0.400. The minimum absolute atomic E-state index is 0.0772. The van der Waals surface area contributed by atoms with Crippen LogP contribution in [0.2, 0.25) is 0 Å². The number of hydrogen-bond acceptors (Lipinski definition) is 5. The molecule has 0 bridgehead atoms. The highest BCUT2D eigenvalue weighted by Crippen LogP contribution is 2.33. The van der Waals surface area contributed by atoms with Crippen molar-refractivity contribution in [2.24, 2.45) is 0 Å². The maximum Gasteiger partial charge on any atom is 0.261 e. The van der Waals surface area contributed by atoms with Crippen molar-refractivity contribution >= 4 is 17.2 Å². The Morgan fingerprint density at radius 2 is 2.33 bits per heavy atom. The van der Waals surface area contributed by atoms with Gasteiger partial charge in [0.2, 0.25) is 0 Å². The van der Waals surface area contributed by atoms with Gasteiger partial charge in [0, 0.05) is 17.7 Å². The van der Waals surface area contributed by atoms with Crippen molar-refractivity contribution in [3.05, 3.63) is 45.7 Å². The van der Waals surface area contributed by atoms with Crippen LogP contribution in [0.4, 0.5) is 0 Å². The molecule has 0 aromatic carbocycles. The van der Waals surface area contributed by atoms with E-state index < -0.39 is 0 Å². The van der Waals surface area contributed by atoms with Gasteiger partial charge in [0.1, 0.15) is 0 Å². The lowest BCUT2D eigenvalue weighted by Gasteiger charge is -2.05. The van der Waals surface area contributed by atoms with Crippen LogP contribution in [0.3, 0.4) is 0 Å². The average Bonchev–Trinajstić information content (AvgIpc) is 3.17. The molecular formula is C15H17N3O2S. The number of nitrogens with one attached hydrogen (secondary N) is 1. The summed E-state index contributed by atoms with van der Waals surface area (Å²) in [5.74, 6) is -0.0772. The van der Waals surface area contributed by atoms with Crippen molar-refractivity contribution < 1.29 is 9.53 Å². The summed E-state index contributed by atoms with van der Waals surface area (Å²) in [7, 11) is 0. The van der Waals surface area contributed by atoms with E-state index in [0.717, 1.165) is 35.7 Å². The van der Waals surface area contributed by atoms with Gasteiger partial charge in [-0.05, 0) is 31.9 Å². The Bertz CT molecular complexity index is 618. The first-order valence-corrected chi connectivity index (χ1v) is 7.81. The number of carbonyl (C=O) groups is 1. The molecule has 2 aromatic heterocycles. The Morgan fingerprint density at radius 1 is 1.43 bits per heavy atom. The van der Waals surface area contributed by atoms with Gasteiger partial charge < -0.3 is 10.1 Å². The fourth-order valence-electron chi connectivity index (χ4n) is 2.22. The van der Waals surface area contributed by atoms with Gasteiger partial charge in [0.25, 0.3) is 5.91 Å². The Balaban J connectivity index is 1.59. The molecule has 1 N–H and O–H groups in total. The largest absolute Gasteiger partial charge is 0.373 e. The quantitative estimate of drug-likeness (QED) is 0.943. The molecule has 3 heterocycles. The van der Waals surface area contributed by atoms with Crippen LogP contribution in [-0.2, 0) is 11.3 Å². The van der Waals surface area contributed by atoms with Crippen molar-refractivity contribution in [3.8, 4) is 0 Å². The van der Waals surface area contributed by atoms with Gasteiger partial charge in [0.15, 0.2) is 0 Å². The second kappa shape index (κ2) is 6.32.